The van der Waals surface area contributed by atoms with Crippen LogP contribution in [0.25, 0.3) is 0 Å². The first-order valence-corrected chi connectivity index (χ1v) is 16.9. The maximum absolute atomic E-state index is 13.0. The van der Waals surface area contributed by atoms with Crippen LogP contribution in [0.4, 0.5) is 21.0 Å². The van der Waals surface area contributed by atoms with Gasteiger partial charge in [0.15, 0.2) is 0 Å². The van der Waals surface area contributed by atoms with Gasteiger partial charge < -0.3 is 23.7 Å². The van der Waals surface area contributed by atoms with Gasteiger partial charge in [-0.25, -0.2) is 9.59 Å². The van der Waals surface area contributed by atoms with Gasteiger partial charge in [0, 0.05) is 16.8 Å². The normalized spacial score (nSPS) is 11.3. The van der Waals surface area contributed by atoms with Crippen LogP contribution in [0, 0.1) is 12.3 Å². The van der Waals surface area contributed by atoms with E-state index >= 15 is 0 Å². The lowest BCUT2D eigenvalue weighted by molar-refractivity contribution is -0.0959. The minimum Gasteiger partial charge on any atom is -0.443 e. The zero-order valence-corrected chi connectivity index (χ0v) is 30.2. The Kier molecular flexibility index (Phi) is 16.4. The van der Waals surface area contributed by atoms with E-state index in [0.29, 0.717) is 76.0 Å². The van der Waals surface area contributed by atoms with Crippen molar-refractivity contribution >= 4 is 23.6 Å². The Balaban J connectivity index is 1.56. The van der Waals surface area contributed by atoms with Crippen LogP contribution in [-0.2, 0) is 31.8 Å². The Morgan fingerprint density at radius 3 is 1.65 bits per heavy atom. The molecular formula is C42H52N2O7. The van der Waals surface area contributed by atoms with E-state index in [1.807, 2.05) is 81.4 Å². The van der Waals surface area contributed by atoms with Gasteiger partial charge in [-0.05, 0) is 87.1 Å². The average molecular weight is 697 g/mol. The molecule has 0 atom stereocenters. The third kappa shape index (κ3) is 14.4. The molecule has 9 nitrogen and oxygen atoms in total. The largest absolute Gasteiger partial charge is 0.443 e. The molecular weight excluding hydrogens is 644 g/mol. The number of amides is 2. The van der Waals surface area contributed by atoms with Gasteiger partial charge in [0.25, 0.3) is 0 Å². The molecule has 0 aliphatic heterocycles. The second kappa shape index (κ2) is 20.7. The minimum atomic E-state index is -0.885. The van der Waals surface area contributed by atoms with E-state index in [-0.39, 0.29) is 0 Å². The van der Waals surface area contributed by atoms with Crippen LogP contribution < -0.4 is 15.4 Å². The summed E-state index contributed by atoms with van der Waals surface area (Å²) in [7, 11) is 0. The summed E-state index contributed by atoms with van der Waals surface area (Å²) < 4.78 is 29.0. The summed E-state index contributed by atoms with van der Waals surface area (Å²) >= 11 is 0. The fraction of sp³-hybridized carbons (Fsp3) is 0.333. The van der Waals surface area contributed by atoms with E-state index in [2.05, 4.69) is 36.9 Å². The highest BCUT2D eigenvalue weighted by Gasteiger charge is 2.40. The molecule has 3 aromatic rings. The van der Waals surface area contributed by atoms with E-state index in [1.54, 1.807) is 30.4 Å². The summed E-state index contributed by atoms with van der Waals surface area (Å²) in [5.74, 6) is 0.506. The van der Waals surface area contributed by atoms with Crippen molar-refractivity contribution in [3.8, 4) is 5.75 Å². The van der Waals surface area contributed by atoms with Gasteiger partial charge in [0.05, 0.1) is 39.6 Å². The molecule has 0 bridgehead atoms. The molecule has 0 unspecified atom stereocenters. The average Bonchev–Trinajstić information content (AvgIpc) is 3.08. The maximum atomic E-state index is 13.0. The van der Waals surface area contributed by atoms with Crippen molar-refractivity contribution in [1.82, 2.24) is 0 Å². The van der Waals surface area contributed by atoms with Gasteiger partial charge in [-0.2, -0.15) is 0 Å². The second-order valence-electron chi connectivity index (χ2n) is 13.1. The van der Waals surface area contributed by atoms with E-state index in [1.165, 1.54) is 0 Å². The van der Waals surface area contributed by atoms with Gasteiger partial charge in [-0.1, -0.05) is 66.3 Å². The molecule has 0 radical (unpaired) electrons. The lowest BCUT2D eigenvalue weighted by Crippen LogP contribution is -2.45. The molecule has 0 saturated heterocycles. The molecule has 51 heavy (non-hydrogen) atoms. The molecule has 0 fully saturated rings. The Morgan fingerprint density at radius 1 is 0.686 bits per heavy atom. The number of aryl methyl sites for hydroxylation is 1. The number of rotatable bonds is 22. The number of hydrogen-bond acceptors (Lipinski definition) is 7. The van der Waals surface area contributed by atoms with Gasteiger partial charge in [0.2, 0.25) is 0 Å². The smallest absolute Gasteiger partial charge is 0.417 e. The summed E-state index contributed by atoms with van der Waals surface area (Å²) in [4.78, 5) is 25.6. The number of allylic oxidation sites excluding steroid dienone is 1. The van der Waals surface area contributed by atoms with Gasteiger partial charge >= 0.3 is 12.2 Å². The Bertz CT molecular complexity index is 1560. The lowest BCUT2D eigenvalue weighted by atomic mass is 9.80. The molecule has 0 aromatic heterocycles. The summed E-state index contributed by atoms with van der Waals surface area (Å²) in [6.07, 6.45) is 7.37. The first-order valence-electron chi connectivity index (χ1n) is 16.9. The molecule has 0 saturated carbocycles. The van der Waals surface area contributed by atoms with Crippen LogP contribution in [-0.4, -0.2) is 57.4 Å². The van der Waals surface area contributed by atoms with Gasteiger partial charge in [-0.15, -0.1) is 26.3 Å². The number of carbonyl (C=O) groups is 2. The molecule has 3 rings (SSSR count). The number of carbonyl (C=O) groups excluding carboxylic acids is 2. The number of anilines is 2. The molecule has 0 spiro atoms. The molecule has 9 heteroatoms. The fourth-order valence-corrected chi connectivity index (χ4v) is 5.70. The first kappa shape index (κ1) is 40.5. The van der Waals surface area contributed by atoms with Crippen LogP contribution in [0.5, 0.6) is 5.75 Å². The van der Waals surface area contributed by atoms with Crippen LogP contribution in [0.15, 0.2) is 117 Å². The Morgan fingerprint density at radius 2 is 1.18 bits per heavy atom. The predicted molar refractivity (Wildman–Crippen MR) is 205 cm³/mol. The molecule has 0 aliphatic rings. The zero-order valence-electron chi connectivity index (χ0n) is 30.2. The summed E-state index contributed by atoms with van der Waals surface area (Å²) in [5.41, 5.74) is 3.82. The minimum absolute atomic E-state index is 0.320. The maximum Gasteiger partial charge on any atom is 0.417 e. The van der Waals surface area contributed by atoms with Crippen LogP contribution in [0.2, 0.25) is 0 Å². The van der Waals surface area contributed by atoms with Crippen molar-refractivity contribution in [3.63, 3.8) is 0 Å². The van der Waals surface area contributed by atoms with E-state index in [0.717, 1.165) is 22.3 Å². The van der Waals surface area contributed by atoms with E-state index in [9.17, 15) is 9.59 Å². The van der Waals surface area contributed by atoms with E-state index in [4.69, 9.17) is 23.7 Å². The third-order valence-electron chi connectivity index (χ3n) is 7.69. The third-order valence-corrected chi connectivity index (χ3v) is 7.69. The summed E-state index contributed by atoms with van der Waals surface area (Å²) in [6.45, 7) is 22.7. The highest BCUT2D eigenvalue weighted by Crippen LogP contribution is 2.33. The predicted octanol–water partition coefficient (Wildman–Crippen LogP) is 9.24. The number of ether oxygens (including phenoxy) is 5. The van der Waals surface area contributed by atoms with Crippen molar-refractivity contribution in [2.24, 2.45) is 5.41 Å². The zero-order chi connectivity index (χ0) is 37.1. The van der Waals surface area contributed by atoms with Crippen molar-refractivity contribution in [1.29, 1.82) is 0 Å². The molecule has 272 valence electrons. The summed E-state index contributed by atoms with van der Waals surface area (Å²) in [5, 5.41) is 5.62. The van der Waals surface area contributed by atoms with Crippen molar-refractivity contribution in [2.75, 3.05) is 50.3 Å². The first-order chi connectivity index (χ1) is 24.5. The van der Waals surface area contributed by atoms with Gasteiger partial charge in [-0.3, -0.25) is 10.6 Å². The SMILES string of the molecule is C=CCOCC(COCC=C)(COCC=C)CC(C)(C)OC(=O)Nc1ccc(Cc2ccc(NC(=O)Oc3ccc(C)cc3CC=C)cc2)cc1. The molecule has 0 aliphatic carbocycles. The molecule has 3 aromatic carbocycles. The molecule has 2 N–H and O–H groups in total. The van der Waals surface area contributed by atoms with Crippen molar-refractivity contribution in [3.05, 3.63) is 140 Å². The quantitative estimate of drug-likeness (QED) is 0.0797. The number of benzene rings is 3. The molecule has 2 amide bonds. The van der Waals surface area contributed by atoms with Crippen molar-refractivity contribution in [2.45, 2.75) is 45.6 Å². The monoisotopic (exact) mass is 696 g/mol. The highest BCUT2D eigenvalue weighted by molar-refractivity contribution is 5.86. The summed E-state index contributed by atoms with van der Waals surface area (Å²) in [6, 6.07) is 20.8. The Labute approximate surface area is 303 Å². The van der Waals surface area contributed by atoms with Crippen LogP contribution in [0.1, 0.15) is 42.5 Å². The topological polar surface area (TPSA) is 104 Å². The van der Waals surface area contributed by atoms with Crippen LogP contribution in [0.3, 0.4) is 0 Å². The standard InChI is InChI=1S/C42H52N2O7/c1-8-12-35-26-32(5)13-22-38(35)50-39(45)43-36-18-14-33(15-19-36)27-34-16-20-37(21-17-34)44-40(46)51-41(6,7)28-42(29-47-23-9-2,30-48-24-10-3)31-49-25-11-4/h8-11,13-22,26H,1-4,12,23-25,27-31H2,5-7H3,(H,43,45)(H,44,46). The van der Waals surface area contributed by atoms with E-state index < -0.39 is 23.2 Å². The van der Waals surface area contributed by atoms with Crippen LogP contribution >= 0.6 is 0 Å². The number of hydrogen-bond donors (Lipinski definition) is 2. The van der Waals surface area contributed by atoms with Gasteiger partial charge in [0.1, 0.15) is 11.4 Å². The molecule has 0 heterocycles. The number of nitrogens with one attached hydrogen (secondary N) is 2. The second-order valence-corrected chi connectivity index (χ2v) is 13.1. The Hall–Kier alpha value is -4.96. The lowest BCUT2D eigenvalue weighted by Gasteiger charge is -2.39. The highest BCUT2D eigenvalue weighted by atomic mass is 16.6. The van der Waals surface area contributed by atoms with Crippen molar-refractivity contribution < 1.29 is 33.3 Å². The fourth-order valence-electron chi connectivity index (χ4n) is 5.70.